The number of hydrogen-bond donors (Lipinski definition) is 0. The van der Waals surface area contributed by atoms with Gasteiger partial charge in [0.15, 0.2) is 5.78 Å². The topological polar surface area (TPSA) is 52.6 Å². The summed E-state index contributed by atoms with van der Waals surface area (Å²) < 4.78 is 12.1. The number of allylic oxidation sites excluding steroid dienone is 3. The zero-order chi connectivity index (χ0) is 24.6. The van der Waals surface area contributed by atoms with Crippen LogP contribution < -0.4 is 0 Å². The van der Waals surface area contributed by atoms with E-state index in [1.165, 1.54) is 6.92 Å². The van der Waals surface area contributed by atoms with Gasteiger partial charge in [-0.05, 0) is 30.0 Å². The molecule has 1 atom stereocenters. The molecular formula is C31H30O4. The van der Waals surface area contributed by atoms with Gasteiger partial charge in [-0.25, -0.2) is 4.79 Å². The standard InChI is InChI=1S/C31H30O4/c1-3-13-26-30(31(33)34-21-24-16-9-5-10-17-24)29(25-18-11-6-12-19-25)28(22(2)32)27(35-26)20-23-14-7-4-8-15-23/h4-12,14-19,29H,3,13,20-21H2,1-2H3. The van der Waals surface area contributed by atoms with Crippen molar-refractivity contribution in [2.24, 2.45) is 0 Å². The molecule has 1 aliphatic rings. The molecule has 178 valence electrons. The molecule has 0 aliphatic carbocycles. The lowest BCUT2D eigenvalue weighted by Crippen LogP contribution is -2.27. The average Bonchev–Trinajstić information content (AvgIpc) is 2.88. The Morgan fingerprint density at radius 2 is 1.34 bits per heavy atom. The first kappa shape index (κ1) is 24.2. The van der Waals surface area contributed by atoms with Crippen LogP contribution in [-0.2, 0) is 32.1 Å². The maximum atomic E-state index is 13.6. The Bertz CT molecular complexity index is 1220. The van der Waals surface area contributed by atoms with E-state index < -0.39 is 11.9 Å². The van der Waals surface area contributed by atoms with Crippen LogP contribution in [-0.4, -0.2) is 11.8 Å². The van der Waals surface area contributed by atoms with Gasteiger partial charge < -0.3 is 9.47 Å². The highest BCUT2D eigenvalue weighted by Crippen LogP contribution is 2.43. The number of benzene rings is 3. The molecular weight excluding hydrogens is 436 g/mol. The van der Waals surface area contributed by atoms with Gasteiger partial charge in [-0.2, -0.15) is 0 Å². The van der Waals surface area contributed by atoms with Crippen LogP contribution in [0, 0.1) is 0 Å². The summed E-state index contributed by atoms with van der Waals surface area (Å²) in [5.41, 5.74) is 3.73. The number of ether oxygens (including phenoxy) is 2. The Morgan fingerprint density at radius 1 is 0.771 bits per heavy atom. The number of esters is 1. The van der Waals surface area contributed by atoms with E-state index in [0.29, 0.717) is 35.5 Å². The molecule has 0 bridgehead atoms. The van der Waals surface area contributed by atoms with E-state index in [1.807, 2.05) is 97.9 Å². The molecule has 4 nitrogen and oxygen atoms in total. The molecule has 0 aromatic heterocycles. The second-order valence-electron chi connectivity index (χ2n) is 8.65. The van der Waals surface area contributed by atoms with E-state index in [4.69, 9.17) is 9.47 Å². The van der Waals surface area contributed by atoms with Crippen molar-refractivity contribution >= 4 is 11.8 Å². The molecule has 1 heterocycles. The normalized spacial score (nSPS) is 15.5. The molecule has 0 spiro atoms. The van der Waals surface area contributed by atoms with Crippen molar-refractivity contribution in [3.63, 3.8) is 0 Å². The van der Waals surface area contributed by atoms with Gasteiger partial charge in [0.1, 0.15) is 18.1 Å². The zero-order valence-electron chi connectivity index (χ0n) is 20.2. The zero-order valence-corrected chi connectivity index (χ0v) is 20.2. The van der Waals surface area contributed by atoms with Crippen molar-refractivity contribution in [3.05, 3.63) is 130 Å². The maximum absolute atomic E-state index is 13.6. The third-order valence-electron chi connectivity index (χ3n) is 6.05. The molecule has 0 saturated carbocycles. The van der Waals surface area contributed by atoms with Gasteiger partial charge in [0, 0.05) is 18.4 Å². The minimum atomic E-state index is -0.550. The Hall–Kier alpha value is -3.92. The monoisotopic (exact) mass is 466 g/mol. The summed E-state index contributed by atoms with van der Waals surface area (Å²) in [7, 11) is 0. The predicted octanol–water partition coefficient (Wildman–Crippen LogP) is 6.68. The largest absolute Gasteiger partial charge is 0.465 e. The number of carbonyl (C=O) groups excluding carboxylic acids is 2. The van der Waals surface area contributed by atoms with Gasteiger partial charge in [0.2, 0.25) is 0 Å². The summed E-state index contributed by atoms with van der Waals surface area (Å²) in [6.45, 7) is 3.74. The Balaban J connectivity index is 1.79. The van der Waals surface area contributed by atoms with Gasteiger partial charge in [-0.1, -0.05) is 97.9 Å². The summed E-state index contributed by atoms with van der Waals surface area (Å²) in [6, 6.07) is 29.2. The third-order valence-corrected chi connectivity index (χ3v) is 6.05. The Morgan fingerprint density at radius 3 is 1.91 bits per heavy atom. The molecule has 0 N–H and O–H groups in total. The van der Waals surface area contributed by atoms with Crippen LogP contribution in [0.1, 0.15) is 49.3 Å². The van der Waals surface area contributed by atoms with E-state index in [9.17, 15) is 9.59 Å². The molecule has 4 rings (SSSR count). The van der Waals surface area contributed by atoms with Crippen molar-refractivity contribution in [2.45, 2.75) is 45.6 Å². The SMILES string of the molecule is CCCC1=C(C(=O)OCc2ccccc2)C(c2ccccc2)C(C(C)=O)=C(Cc2ccccc2)O1. The molecule has 3 aromatic rings. The summed E-state index contributed by atoms with van der Waals surface area (Å²) in [5, 5.41) is 0. The molecule has 4 heteroatoms. The van der Waals surface area contributed by atoms with Crippen LogP contribution in [0.4, 0.5) is 0 Å². The fourth-order valence-electron chi connectivity index (χ4n) is 4.46. The van der Waals surface area contributed by atoms with Crippen LogP contribution in [0.5, 0.6) is 0 Å². The van der Waals surface area contributed by atoms with Crippen LogP contribution in [0.15, 0.2) is 114 Å². The molecule has 0 radical (unpaired) electrons. The second-order valence-corrected chi connectivity index (χ2v) is 8.65. The van der Waals surface area contributed by atoms with E-state index in [1.54, 1.807) is 0 Å². The van der Waals surface area contributed by atoms with Crippen LogP contribution in [0.3, 0.4) is 0 Å². The number of rotatable bonds is 9. The van der Waals surface area contributed by atoms with Gasteiger partial charge in [0.05, 0.1) is 11.5 Å². The van der Waals surface area contributed by atoms with Crippen molar-refractivity contribution in [2.75, 3.05) is 0 Å². The summed E-state index contributed by atoms with van der Waals surface area (Å²) in [6.07, 6.45) is 1.83. The Kier molecular flexibility index (Phi) is 7.94. The first-order chi connectivity index (χ1) is 17.1. The number of carbonyl (C=O) groups is 2. The molecule has 1 unspecified atom stereocenters. The summed E-state index contributed by atoms with van der Waals surface area (Å²) >= 11 is 0. The van der Waals surface area contributed by atoms with E-state index >= 15 is 0 Å². The van der Waals surface area contributed by atoms with Crippen LogP contribution in [0.2, 0.25) is 0 Å². The highest BCUT2D eigenvalue weighted by atomic mass is 16.5. The number of ketones is 1. The highest BCUT2D eigenvalue weighted by molar-refractivity contribution is 6.01. The smallest absolute Gasteiger partial charge is 0.338 e. The molecule has 35 heavy (non-hydrogen) atoms. The van der Waals surface area contributed by atoms with Crippen molar-refractivity contribution < 1.29 is 19.1 Å². The lowest BCUT2D eigenvalue weighted by atomic mass is 9.79. The molecule has 1 aliphatic heterocycles. The second kappa shape index (κ2) is 11.5. The molecule has 0 fully saturated rings. The van der Waals surface area contributed by atoms with E-state index in [2.05, 4.69) is 0 Å². The lowest BCUT2D eigenvalue weighted by molar-refractivity contribution is -0.141. The first-order valence-corrected chi connectivity index (χ1v) is 12.0. The predicted molar refractivity (Wildman–Crippen MR) is 136 cm³/mol. The fraction of sp³-hybridized carbons (Fsp3) is 0.226. The van der Waals surface area contributed by atoms with Gasteiger partial charge >= 0.3 is 5.97 Å². The van der Waals surface area contributed by atoms with Crippen molar-refractivity contribution in [3.8, 4) is 0 Å². The fourth-order valence-corrected chi connectivity index (χ4v) is 4.46. The molecule has 0 amide bonds. The molecule has 3 aromatic carbocycles. The summed E-state index contributed by atoms with van der Waals surface area (Å²) in [5.74, 6) is 0.0549. The van der Waals surface area contributed by atoms with Crippen molar-refractivity contribution in [1.29, 1.82) is 0 Å². The van der Waals surface area contributed by atoms with Crippen LogP contribution >= 0.6 is 0 Å². The van der Waals surface area contributed by atoms with Gasteiger partial charge in [-0.15, -0.1) is 0 Å². The minimum Gasteiger partial charge on any atom is -0.465 e. The van der Waals surface area contributed by atoms with Crippen LogP contribution in [0.25, 0.3) is 0 Å². The Labute approximate surface area is 206 Å². The van der Waals surface area contributed by atoms with E-state index in [-0.39, 0.29) is 12.4 Å². The van der Waals surface area contributed by atoms with Gasteiger partial charge in [0.25, 0.3) is 0 Å². The number of hydrogen-bond acceptors (Lipinski definition) is 4. The first-order valence-electron chi connectivity index (χ1n) is 12.0. The van der Waals surface area contributed by atoms with E-state index in [0.717, 1.165) is 23.1 Å². The average molecular weight is 467 g/mol. The highest BCUT2D eigenvalue weighted by Gasteiger charge is 2.39. The minimum absolute atomic E-state index is 0.117. The molecule has 0 saturated heterocycles. The van der Waals surface area contributed by atoms with Crippen molar-refractivity contribution in [1.82, 2.24) is 0 Å². The number of Topliss-reactive ketones (excluding diaryl/α,β-unsaturated/α-hetero) is 1. The lowest BCUT2D eigenvalue weighted by Gasteiger charge is -2.31. The summed E-state index contributed by atoms with van der Waals surface area (Å²) in [4.78, 5) is 26.7. The quantitative estimate of drug-likeness (QED) is 0.330. The maximum Gasteiger partial charge on any atom is 0.338 e. The third kappa shape index (κ3) is 5.78. The van der Waals surface area contributed by atoms with Gasteiger partial charge in [-0.3, -0.25) is 4.79 Å².